The van der Waals surface area contributed by atoms with Gasteiger partial charge in [0.25, 0.3) is 5.91 Å². The van der Waals surface area contributed by atoms with Gasteiger partial charge in [-0.2, -0.15) is 4.31 Å². The van der Waals surface area contributed by atoms with Crippen LogP contribution in [-0.4, -0.2) is 44.3 Å². The first-order valence-corrected chi connectivity index (χ1v) is 12.1. The molecule has 0 radical (unpaired) electrons. The normalized spacial score (nSPS) is 14.2. The quantitative estimate of drug-likeness (QED) is 0.635. The lowest BCUT2D eigenvalue weighted by molar-refractivity contribution is 0.102. The third-order valence-corrected chi connectivity index (χ3v) is 8.08. The summed E-state index contributed by atoms with van der Waals surface area (Å²) < 4.78 is 27.5. The van der Waals surface area contributed by atoms with Gasteiger partial charge in [0.05, 0.1) is 17.1 Å². The zero-order valence-corrected chi connectivity index (χ0v) is 19.3. The van der Waals surface area contributed by atoms with Crippen LogP contribution >= 0.6 is 11.3 Å². The van der Waals surface area contributed by atoms with Crippen LogP contribution in [0.1, 0.15) is 26.5 Å². The number of anilines is 2. The van der Waals surface area contributed by atoms with Crippen molar-refractivity contribution in [3.63, 3.8) is 0 Å². The number of aromatic nitrogens is 1. The highest BCUT2D eigenvalue weighted by atomic mass is 32.2. The van der Waals surface area contributed by atoms with Crippen LogP contribution in [0, 0.1) is 6.92 Å². The molecule has 0 unspecified atom stereocenters. The molecule has 1 amide bonds. The van der Waals surface area contributed by atoms with Gasteiger partial charge in [0, 0.05) is 43.2 Å². The number of benzene rings is 2. The number of hydrogen-bond donors (Lipinski definition) is 1. The first-order chi connectivity index (χ1) is 14.7. The molecule has 0 aliphatic carbocycles. The molecular formula is C22H24N4O3S2. The van der Waals surface area contributed by atoms with Gasteiger partial charge in [0.15, 0.2) is 5.13 Å². The highest BCUT2D eigenvalue weighted by Crippen LogP contribution is 2.31. The molecule has 1 aliphatic rings. The number of carbonyl (C=O) groups excluding carboxylic acids is 1. The number of thiazole rings is 1. The van der Waals surface area contributed by atoms with Gasteiger partial charge >= 0.3 is 0 Å². The molecule has 162 valence electrons. The van der Waals surface area contributed by atoms with E-state index in [0.29, 0.717) is 28.6 Å². The second-order valence-electron chi connectivity index (χ2n) is 7.69. The summed E-state index contributed by atoms with van der Waals surface area (Å²) in [6.45, 7) is 2.55. The fourth-order valence-corrected chi connectivity index (χ4v) is 5.88. The van der Waals surface area contributed by atoms with Gasteiger partial charge in [-0.25, -0.2) is 13.4 Å². The molecule has 2 aromatic carbocycles. The maximum absolute atomic E-state index is 13.0. The Kier molecular flexibility index (Phi) is 5.83. The van der Waals surface area contributed by atoms with Crippen molar-refractivity contribution in [2.45, 2.75) is 24.8 Å². The van der Waals surface area contributed by atoms with E-state index in [1.54, 1.807) is 36.4 Å². The van der Waals surface area contributed by atoms with Crippen LogP contribution in [0.3, 0.4) is 0 Å². The third kappa shape index (κ3) is 4.48. The van der Waals surface area contributed by atoms with E-state index in [9.17, 15) is 13.2 Å². The average Bonchev–Trinajstić information content (AvgIpc) is 3.15. The number of aryl methyl sites for hydroxylation is 1. The molecule has 1 aromatic heterocycles. The highest BCUT2D eigenvalue weighted by Gasteiger charge is 2.30. The summed E-state index contributed by atoms with van der Waals surface area (Å²) in [4.78, 5) is 20.2. The second kappa shape index (κ2) is 8.41. The Balaban J connectivity index is 1.48. The molecule has 0 saturated heterocycles. The van der Waals surface area contributed by atoms with Crippen LogP contribution in [-0.2, 0) is 23.0 Å². The molecule has 0 fully saturated rings. The fourth-order valence-electron chi connectivity index (χ4n) is 3.37. The Labute approximate surface area is 186 Å². The van der Waals surface area contributed by atoms with E-state index < -0.39 is 10.0 Å². The highest BCUT2D eigenvalue weighted by molar-refractivity contribution is 7.89. The number of hydrogen-bond acceptors (Lipinski definition) is 6. The lowest BCUT2D eigenvalue weighted by Gasteiger charge is -2.25. The zero-order chi connectivity index (χ0) is 22.2. The summed E-state index contributed by atoms with van der Waals surface area (Å²) in [6, 6.07) is 14.2. The van der Waals surface area contributed by atoms with Crippen molar-refractivity contribution in [2.24, 2.45) is 0 Å². The standard InChI is InChI=1S/C22H24N4O3S2/c1-15-4-10-18(11-5-15)31(28,29)26-13-12-19-20(14-26)30-22(23-19)24-21(27)16-6-8-17(9-7-16)25(2)3/h4-11H,12-14H2,1-3H3,(H,23,24,27). The van der Waals surface area contributed by atoms with Crippen LogP contribution in [0.25, 0.3) is 0 Å². The van der Waals surface area contributed by atoms with Crippen molar-refractivity contribution in [3.8, 4) is 0 Å². The first-order valence-electron chi connectivity index (χ1n) is 9.88. The maximum atomic E-state index is 13.0. The summed E-state index contributed by atoms with van der Waals surface area (Å²) in [5.41, 5.74) is 3.41. The molecule has 0 bridgehead atoms. The molecule has 0 saturated carbocycles. The van der Waals surface area contributed by atoms with Gasteiger partial charge in [-0.3, -0.25) is 10.1 Å². The molecule has 7 nitrogen and oxygen atoms in total. The Bertz CT molecular complexity index is 1200. The van der Waals surface area contributed by atoms with Gasteiger partial charge in [-0.1, -0.05) is 17.7 Å². The smallest absolute Gasteiger partial charge is 0.257 e. The Hall–Kier alpha value is -2.75. The number of carbonyl (C=O) groups is 1. The second-order valence-corrected chi connectivity index (χ2v) is 10.7. The molecule has 0 atom stereocenters. The van der Waals surface area contributed by atoms with Gasteiger partial charge in [0.1, 0.15) is 0 Å². The van der Waals surface area contributed by atoms with Crippen molar-refractivity contribution in [1.29, 1.82) is 0 Å². The summed E-state index contributed by atoms with van der Waals surface area (Å²) in [5, 5.41) is 3.33. The van der Waals surface area contributed by atoms with Crippen LogP contribution in [0.2, 0.25) is 0 Å². The minimum atomic E-state index is -3.57. The van der Waals surface area contributed by atoms with Crippen molar-refractivity contribution >= 4 is 38.1 Å². The van der Waals surface area contributed by atoms with E-state index in [4.69, 9.17) is 0 Å². The van der Waals surface area contributed by atoms with Crippen LogP contribution in [0.4, 0.5) is 10.8 Å². The van der Waals surface area contributed by atoms with E-state index in [1.165, 1.54) is 15.6 Å². The van der Waals surface area contributed by atoms with Gasteiger partial charge in [0.2, 0.25) is 10.0 Å². The fraction of sp³-hybridized carbons (Fsp3) is 0.273. The third-order valence-electron chi connectivity index (χ3n) is 5.22. The molecule has 0 spiro atoms. The van der Waals surface area contributed by atoms with Crippen LogP contribution in [0.5, 0.6) is 0 Å². The molecule has 4 rings (SSSR count). The molecular weight excluding hydrogens is 432 g/mol. The minimum Gasteiger partial charge on any atom is -0.378 e. The lowest BCUT2D eigenvalue weighted by Crippen LogP contribution is -2.35. The number of sulfonamides is 1. The summed E-state index contributed by atoms with van der Waals surface area (Å²) in [7, 11) is 0.315. The molecule has 1 aliphatic heterocycles. The lowest BCUT2D eigenvalue weighted by atomic mass is 10.2. The van der Waals surface area contributed by atoms with Crippen molar-refractivity contribution in [1.82, 2.24) is 9.29 Å². The van der Waals surface area contributed by atoms with E-state index >= 15 is 0 Å². The number of amides is 1. The zero-order valence-electron chi connectivity index (χ0n) is 17.6. The number of rotatable bonds is 5. The monoisotopic (exact) mass is 456 g/mol. The van der Waals surface area contributed by atoms with Gasteiger partial charge < -0.3 is 4.90 Å². The first kappa shape index (κ1) is 21.5. The van der Waals surface area contributed by atoms with E-state index in [1.807, 2.05) is 38.1 Å². The molecule has 3 aromatic rings. The molecule has 2 heterocycles. The van der Waals surface area contributed by atoms with Crippen LogP contribution in [0.15, 0.2) is 53.4 Å². The number of fused-ring (bicyclic) bond motifs is 1. The predicted molar refractivity (Wildman–Crippen MR) is 123 cm³/mol. The largest absolute Gasteiger partial charge is 0.378 e. The summed E-state index contributed by atoms with van der Waals surface area (Å²) >= 11 is 1.33. The van der Waals surface area contributed by atoms with Gasteiger partial charge in [-0.05, 0) is 43.3 Å². The number of nitrogens with zero attached hydrogens (tertiary/aromatic N) is 3. The SMILES string of the molecule is Cc1ccc(S(=O)(=O)N2CCc3nc(NC(=O)c4ccc(N(C)C)cc4)sc3C2)cc1. The maximum Gasteiger partial charge on any atom is 0.257 e. The predicted octanol–water partition coefficient (Wildman–Crippen LogP) is 3.52. The average molecular weight is 457 g/mol. The van der Waals surface area contributed by atoms with Crippen molar-refractivity contribution in [2.75, 3.05) is 30.9 Å². The van der Waals surface area contributed by atoms with E-state index in [0.717, 1.165) is 21.8 Å². The molecule has 1 N–H and O–H groups in total. The minimum absolute atomic E-state index is 0.236. The summed E-state index contributed by atoms with van der Waals surface area (Å²) in [5.74, 6) is -0.236. The molecule has 31 heavy (non-hydrogen) atoms. The Morgan fingerprint density at radius 3 is 2.42 bits per heavy atom. The topological polar surface area (TPSA) is 82.6 Å². The molecule has 9 heteroatoms. The Morgan fingerprint density at radius 1 is 1.10 bits per heavy atom. The Morgan fingerprint density at radius 2 is 1.77 bits per heavy atom. The van der Waals surface area contributed by atoms with E-state index in [2.05, 4.69) is 10.3 Å². The van der Waals surface area contributed by atoms with Crippen molar-refractivity contribution in [3.05, 3.63) is 70.2 Å². The summed E-state index contributed by atoms with van der Waals surface area (Å²) in [6.07, 6.45) is 0.518. The van der Waals surface area contributed by atoms with Crippen LogP contribution < -0.4 is 10.2 Å². The van der Waals surface area contributed by atoms with Gasteiger partial charge in [-0.15, -0.1) is 11.3 Å². The number of nitrogens with one attached hydrogen (secondary N) is 1. The van der Waals surface area contributed by atoms with E-state index in [-0.39, 0.29) is 12.5 Å². The van der Waals surface area contributed by atoms with Crippen molar-refractivity contribution < 1.29 is 13.2 Å².